The van der Waals surface area contributed by atoms with Crippen molar-refractivity contribution in [1.29, 1.82) is 0 Å². The summed E-state index contributed by atoms with van der Waals surface area (Å²) >= 11 is 1.85. The van der Waals surface area contributed by atoms with Crippen LogP contribution in [0.5, 0.6) is 0 Å². The van der Waals surface area contributed by atoms with Gasteiger partial charge in [-0.05, 0) is 42.5 Å². The van der Waals surface area contributed by atoms with Crippen molar-refractivity contribution in [1.82, 2.24) is 4.98 Å². The quantitative estimate of drug-likeness (QED) is 0.902. The van der Waals surface area contributed by atoms with Crippen LogP contribution in [-0.4, -0.2) is 16.6 Å². The second kappa shape index (κ2) is 4.71. The lowest BCUT2D eigenvalue weighted by molar-refractivity contribution is 0.194. The van der Waals surface area contributed by atoms with E-state index in [9.17, 15) is 5.11 Å². The summed E-state index contributed by atoms with van der Waals surface area (Å²) in [5.74, 6) is 0. The Bertz CT molecular complexity index is 533. The molecule has 0 saturated carbocycles. The van der Waals surface area contributed by atoms with Crippen LogP contribution in [0.25, 0.3) is 0 Å². The van der Waals surface area contributed by atoms with Gasteiger partial charge in [0.15, 0.2) is 0 Å². The van der Waals surface area contributed by atoms with E-state index in [4.69, 9.17) is 0 Å². The summed E-state index contributed by atoms with van der Waals surface area (Å²) < 4.78 is 0. The Morgan fingerprint density at radius 1 is 1.39 bits per heavy atom. The molecule has 3 rings (SSSR count). The molecule has 18 heavy (non-hydrogen) atoms. The minimum atomic E-state index is -0.496. The first kappa shape index (κ1) is 11.7. The highest BCUT2D eigenvalue weighted by Gasteiger charge is 2.17. The van der Waals surface area contributed by atoms with Gasteiger partial charge in [-0.25, -0.2) is 0 Å². The number of aliphatic hydroxyl groups excluding tert-OH is 1. The maximum Gasteiger partial charge on any atom is 0.0931 e. The molecule has 94 valence electrons. The molecular weight excluding hydrogens is 244 g/mol. The van der Waals surface area contributed by atoms with Crippen LogP contribution >= 0.6 is 11.3 Å². The summed E-state index contributed by atoms with van der Waals surface area (Å²) in [5, 5.41) is 11.6. The fourth-order valence-electron chi connectivity index (χ4n) is 2.30. The molecule has 2 aromatic rings. The zero-order chi connectivity index (χ0) is 12.5. The van der Waals surface area contributed by atoms with Crippen molar-refractivity contribution in [3.63, 3.8) is 0 Å². The SMILES string of the molecule is CC(O)c1ccc(N2CCc3sccc3C2)cn1. The standard InChI is InChI=1S/C14H16N2OS/c1-10(17)13-3-2-12(8-15-13)16-6-4-14-11(9-16)5-7-18-14/h2-3,5,7-8,10,17H,4,6,9H2,1H3. The topological polar surface area (TPSA) is 36.4 Å². The molecule has 0 radical (unpaired) electrons. The maximum absolute atomic E-state index is 9.45. The van der Waals surface area contributed by atoms with Gasteiger partial charge in [0.2, 0.25) is 0 Å². The Labute approximate surface area is 111 Å². The molecule has 1 aliphatic rings. The third-order valence-electron chi connectivity index (χ3n) is 3.37. The molecule has 0 amide bonds. The molecule has 0 spiro atoms. The molecule has 1 unspecified atom stereocenters. The number of fused-ring (bicyclic) bond motifs is 1. The molecule has 0 saturated heterocycles. The summed E-state index contributed by atoms with van der Waals surface area (Å²) in [5.41, 5.74) is 3.30. The summed E-state index contributed by atoms with van der Waals surface area (Å²) in [6.07, 6.45) is 2.48. The van der Waals surface area contributed by atoms with Crippen LogP contribution < -0.4 is 4.90 Å². The predicted molar refractivity (Wildman–Crippen MR) is 73.9 cm³/mol. The number of hydrogen-bond donors (Lipinski definition) is 1. The van der Waals surface area contributed by atoms with E-state index < -0.39 is 6.10 Å². The van der Waals surface area contributed by atoms with Crippen LogP contribution in [0, 0.1) is 0 Å². The lowest BCUT2D eigenvalue weighted by Crippen LogP contribution is -2.29. The summed E-state index contributed by atoms with van der Waals surface area (Å²) in [6, 6.07) is 6.17. The van der Waals surface area contributed by atoms with E-state index in [2.05, 4.69) is 21.3 Å². The van der Waals surface area contributed by atoms with Crippen molar-refractivity contribution in [2.45, 2.75) is 26.0 Å². The molecule has 4 heteroatoms. The van der Waals surface area contributed by atoms with E-state index in [1.54, 1.807) is 6.92 Å². The highest BCUT2D eigenvalue weighted by Crippen LogP contribution is 2.27. The van der Waals surface area contributed by atoms with E-state index in [-0.39, 0.29) is 0 Å². The molecule has 1 N–H and O–H groups in total. The highest BCUT2D eigenvalue weighted by molar-refractivity contribution is 7.10. The number of nitrogens with zero attached hydrogens (tertiary/aromatic N) is 2. The van der Waals surface area contributed by atoms with Gasteiger partial charge in [-0.3, -0.25) is 4.98 Å². The molecule has 3 heterocycles. The third kappa shape index (κ3) is 2.13. The Morgan fingerprint density at radius 2 is 2.28 bits per heavy atom. The molecular formula is C14H16N2OS. The van der Waals surface area contributed by atoms with Crippen LogP contribution in [0.4, 0.5) is 5.69 Å². The maximum atomic E-state index is 9.45. The average Bonchev–Trinajstić information content (AvgIpc) is 2.86. The van der Waals surface area contributed by atoms with E-state index in [0.29, 0.717) is 0 Å². The summed E-state index contributed by atoms with van der Waals surface area (Å²) in [4.78, 5) is 8.16. The van der Waals surface area contributed by atoms with Crippen LogP contribution in [-0.2, 0) is 13.0 Å². The minimum Gasteiger partial charge on any atom is -0.387 e. The van der Waals surface area contributed by atoms with E-state index in [0.717, 1.165) is 30.9 Å². The van der Waals surface area contributed by atoms with Crippen LogP contribution in [0.15, 0.2) is 29.8 Å². The molecule has 0 bridgehead atoms. The van der Waals surface area contributed by atoms with Gasteiger partial charge in [0.1, 0.15) is 0 Å². The van der Waals surface area contributed by atoms with Crippen molar-refractivity contribution in [2.75, 3.05) is 11.4 Å². The normalized spacial score (nSPS) is 16.4. The molecule has 0 aliphatic carbocycles. The van der Waals surface area contributed by atoms with Gasteiger partial charge in [0.05, 0.1) is 23.7 Å². The smallest absolute Gasteiger partial charge is 0.0931 e. The monoisotopic (exact) mass is 260 g/mol. The van der Waals surface area contributed by atoms with Crippen LogP contribution in [0.3, 0.4) is 0 Å². The number of thiophene rings is 1. The van der Waals surface area contributed by atoms with Crippen molar-refractivity contribution in [2.24, 2.45) is 0 Å². The van der Waals surface area contributed by atoms with Crippen LogP contribution in [0.1, 0.15) is 29.2 Å². The lowest BCUT2D eigenvalue weighted by atomic mass is 10.1. The second-order valence-corrected chi connectivity index (χ2v) is 5.66. The summed E-state index contributed by atoms with van der Waals surface area (Å²) in [7, 11) is 0. The Kier molecular flexibility index (Phi) is 3.06. The first-order valence-electron chi connectivity index (χ1n) is 6.18. The van der Waals surface area contributed by atoms with Crippen molar-refractivity contribution in [3.05, 3.63) is 45.9 Å². The van der Waals surface area contributed by atoms with Gasteiger partial charge in [-0.15, -0.1) is 11.3 Å². The number of anilines is 1. The molecule has 2 aromatic heterocycles. The third-order valence-corrected chi connectivity index (χ3v) is 4.39. The van der Waals surface area contributed by atoms with Gasteiger partial charge in [0, 0.05) is 18.0 Å². The van der Waals surface area contributed by atoms with E-state index in [1.165, 1.54) is 10.4 Å². The number of aromatic nitrogens is 1. The van der Waals surface area contributed by atoms with Gasteiger partial charge < -0.3 is 10.0 Å². The van der Waals surface area contributed by atoms with E-state index in [1.807, 2.05) is 29.7 Å². The Hall–Kier alpha value is -1.39. The molecule has 0 fully saturated rings. The highest BCUT2D eigenvalue weighted by atomic mass is 32.1. The molecule has 3 nitrogen and oxygen atoms in total. The van der Waals surface area contributed by atoms with Gasteiger partial charge in [-0.1, -0.05) is 0 Å². The van der Waals surface area contributed by atoms with Gasteiger partial charge in [-0.2, -0.15) is 0 Å². The van der Waals surface area contributed by atoms with Crippen LogP contribution in [0.2, 0.25) is 0 Å². The molecule has 1 aliphatic heterocycles. The lowest BCUT2D eigenvalue weighted by Gasteiger charge is -2.28. The zero-order valence-electron chi connectivity index (χ0n) is 10.3. The fraction of sp³-hybridized carbons (Fsp3) is 0.357. The predicted octanol–water partition coefficient (Wildman–Crippen LogP) is 2.76. The average molecular weight is 260 g/mol. The number of rotatable bonds is 2. The largest absolute Gasteiger partial charge is 0.387 e. The second-order valence-electron chi connectivity index (χ2n) is 4.66. The van der Waals surface area contributed by atoms with Crippen molar-refractivity contribution >= 4 is 17.0 Å². The van der Waals surface area contributed by atoms with Gasteiger partial charge in [0.25, 0.3) is 0 Å². The number of hydrogen-bond acceptors (Lipinski definition) is 4. The van der Waals surface area contributed by atoms with E-state index >= 15 is 0 Å². The fourth-order valence-corrected chi connectivity index (χ4v) is 3.19. The molecule has 1 atom stereocenters. The van der Waals surface area contributed by atoms with Crippen molar-refractivity contribution < 1.29 is 5.11 Å². The Balaban J connectivity index is 1.80. The van der Waals surface area contributed by atoms with Gasteiger partial charge >= 0.3 is 0 Å². The first-order valence-corrected chi connectivity index (χ1v) is 7.06. The Morgan fingerprint density at radius 3 is 3.00 bits per heavy atom. The zero-order valence-corrected chi connectivity index (χ0v) is 11.2. The van der Waals surface area contributed by atoms with Crippen molar-refractivity contribution in [3.8, 4) is 0 Å². The summed E-state index contributed by atoms with van der Waals surface area (Å²) in [6.45, 7) is 3.75. The number of aliphatic hydroxyl groups is 1. The first-order chi connectivity index (χ1) is 8.74. The number of pyridine rings is 1. The molecule has 0 aromatic carbocycles. The minimum absolute atomic E-state index is 0.496.